The summed E-state index contributed by atoms with van der Waals surface area (Å²) in [6.07, 6.45) is 0. The third-order valence-corrected chi connectivity index (χ3v) is 5.68. The van der Waals surface area contributed by atoms with Gasteiger partial charge in [0.05, 0.1) is 33.8 Å². The van der Waals surface area contributed by atoms with Crippen LogP contribution >= 0.6 is 0 Å². The Morgan fingerprint density at radius 1 is 0.875 bits per heavy atom. The molecule has 156 valence electrons. The quantitative estimate of drug-likeness (QED) is 0.436. The van der Waals surface area contributed by atoms with E-state index < -0.39 is 11.2 Å². The molecule has 0 fully saturated rings. The number of para-hydroxylation sites is 1. The summed E-state index contributed by atoms with van der Waals surface area (Å²) in [6, 6.07) is 18.7. The summed E-state index contributed by atoms with van der Waals surface area (Å²) >= 11 is 0. The summed E-state index contributed by atoms with van der Waals surface area (Å²) in [5.74, 6) is 0. The average Bonchev–Trinajstić information content (AvgIpc) is 3.17. The fourth-order valence-corrected chi connectivity index (χ4v) is 4.07. The van der Waals surface area contributed by atoms with Crippen LogP contribution in [0.5, 0.6) is 0 Å². The molecule has 0 N–H and O–H groups in total. The molecule has 0 atom stereocenters. The molecule has 5 rings (SSSR count). The van der Waals surface area contributed by atoms with Crippen molar-refractivity contribution >= 4 is 22.1 Å². The number of pyridine rings is 1. The molecule has 0 bridgehead atoms. The lowest BCUT2D eigenvalue weighted by molar-refractivity contribution is 0.708. The summed E-state index contributed by atoms with van der Waals surface area (Å²) in [5, 5.41) is 15.0. The first-order valence-electron chi connectivity index (χ1n) is 9.97. The molecule has 2 aromatic carbocycles. The number of hydrogen-bond acceptors (Lipinski definition) is 5. The van der Waals surface area contributed by atoms with Gasteiger partial charge < -0.3 is 0 Å². The Morgan fingerprint density at radius 2 is 1.56 bits per heavy atom. The van der Waals surface area contributed by atoms with E-state index in [-0.39, 0.29) is 5.65 Å². The highest BCUT2D eigenvalue weighted by Crippen LogP contribution is 2.35. The molecule has 0 aliphatic heterocycles. The number of nitriles is 1. The predicted molar refractivity (Wildman–Crippen MR) is 122 cm³/mol. The van der Waals surface area contributed by atoms with Crippen molar-refractivity contribution in [2.24, 2.45) is 14.1 Å². The van der Waals surface area contributed by atoms with E-state index in [2.05, 4.69) is 6.07 Å². The van der Waals surface area contributed by atoms with Gasteiger partial charge in [-0.2, -0.15) is 10.4 Å². The molecule has 3 aromatic heterocycles. The van der Waals surface area contributed by atoms with Crippen LogP contribution in [-0.2, 0) is 14.1 Å². The third kappa shape index (κ3) is 2.68. The first kappa shape index (κ1) is 19.5. The smallest absolute Gasteiger partial charge is 0.280 e. The zero-order valence-electron chi connectivity index (χ0n) is 17.7. The predicted octanol–water partition coefficient (Wildman–Crippen LogP) is 2.82. The van der Waals surface area contributed by atoms with E-state index in [1.54, 1.807) is 36.0 Å². The van der Waals surface area contributed by atoms with Crippen LogP contribution in [0.15, 0.2) is 64.2 Å². The van der Waals surface area contributed by atoms with E-state index >= 15 is 0 Å². The maximum absolute atomic E-state index is 13.3. The van der Waals surface area contributed by atoms with E-state index in [1.165, 1.54) is 11.6 Å². The maximum atomic E-state index is 13.3. The molecule has 0 saturated heterocycles. The fourth-order valence-electron chi connectivity index (χ4n) is 4.07. The molecule has 0 amide bonds. The lowest BCUT2D eigenvalue weighted by atomic mass is 9.98. The van der Waals surface area contributed by atoms with Gasteiger partial charge in [0.25, 0.3) is 5.56 Å². The highest BCUT2D eigenvalue weighted by atomic mass is 16.2. The Morgan fingerprint density at radius 3 is 2.22 bits per heavy atom. The Balaban J connectivity index is 2.05. The van der Waals surface area contributed by atoms with E-state index in [0.29, 0.717) is 27.9 Å². The van der Waals surface area contributed by atoms with Gasteiger partial charge in [0.2, 0.25) is 0 Å². The van der Waals surface area contributed by atoms with E-state index in [4.69, 9.17) is 10.1 Å². The van der Waals surface area contributed by atoms with Gasteiger partial charge in [-0.1, -0.05) is 30.3 Å². The summed E-state index contributed by atoms with van der Waals surface area (Å²) in [7, 11) is 3.05. The monoisotopic (exact) mass is 422 g/mol. The summed E-state index contributed by atoms with van der Waals surface area (Å²) in [4.78, 5) is 30.7. The molecule has 0 radical (unpaired) electrons. The molecule has 0 aliphatic carbocycles. The Kier molecular flexibility index (Phi) is 4.27. The van der Waals surface area contributed by atoms with E-state index in [1.807, 2.05) is 37.3 Å². The molecule has 8 nitrogen and oxygen atoms in total. The molecule has 3 heterocycles. The minimum Gasteiger partial charge on any atom is -0.280 e. The standard InChI is InChI=1S/C24H18N6O2/c1-14-18-19(16-11-9-15(13-25)10-12-16)20-21(28(2)24(32)29(3)23(20)31)26-22(18)30(27-14)17-7-5-4-6-8-17/h4-12H,1-3H3. The number of nitrogens with zero attached hydrogens (tertiary/aromatic N) is 6. The van der Waals surface area contributed by atoms with Crippen molar-refractivity contribution in [2.45, 2.75) is 6.92 Å². The summed E-state index contributed by atoms with van der Waals surface area (Å²) < 4.78 is 4.18. The topological polar surface area (TPSA) is 98.5 Å². The van der Waals surface area contributed by atoms with Gasteiger partial charge in [-0.15, -0.1) is 0 Å². The second-order valence-corrected chi connectivity index (χ2v) is 7.61. The van der Waals surface area contributed by atoms with Crippen molar-refractivity contribution in [3.05, 3.63) is 86.7 Å². The van der Waals surface area contributed by atoms with Crippen LogP contribution in [0.25, 0.3) is 38.9 Å². The number of aryl methyl sites for hydroxylation is 2. The number of aromatic nitrogens is 5. The van der Waals surface area contributed by atoms with Crippen molar-refractivity contribution in [2.75, 3.05) is 0 Å². The van der Waals surface area contributed by atoms with E-state index in [9.17, 15) is 14.9 Å². The number of fused-ring (bicyclic) bond motifs is 2. The summed E-state index contributed by atoms with van der Waals surface area (Å²) in [5.41, 5.74) is 3.36. The van der Waals surface area contributed by atoms with Gasteiger partial charge in [0, 0.05) is 19.7 Å². The van der Waals surface area contributed by atoms with Gasteiger partial charge in [0.15, 0.2) is 11.3 Å². The fraction of sp³-hybridized carbons (Fsp3) is 0.125. The largest absolute Gasteiger partial charge is 0.332 e. The Hall–Kier alpha value is -4.51. The maximum Gasteiger partial charge on any atom is 0.332 e. The van der Waals surface area contributed by atoms with Crippen molar-refractivity contribution in [1.82, 2.24) is 23.9 Å². The normalized spacial score (nSPS) is 11.2. The number of hydrogen-bond donors (Lipinski definition) is 0. The zero-order chi connectivity index (χ0) is 22.6. The molecule has 0 aliphatic rings. The van der Waals surface area contributed by atoms with Gasteiger partial charge in [0.1, 0.15) is 0 Å². The van der Waals surface area contributed by atoms with Gasteiger partial charge in [-0.3, -0.25) is 13.9 Å². The van der Waals surface area contributed by atoms with Gasteiger partial charge in [-0.25, -0.2) is 14.5 Å². The Bertz CT molecular complexity index is 1680. The van der Waals surface area contributed by atoms with Crippen LogP contribution < -0.4 is 11.2 Å². The lowest BCUT2D eigenvalue weighted by Crippen LogP contribution is -2.37. The van der Waals surface area contributed by atoms with Crippen molar-refractivity contribution < 1.29 is 0 Å². The second-order valence-electron chi connectivity index (χ2n) is 7.61. The number of benzene rings is 2. The Labute approximate surface area is 182 Å². The van der Waals surface area contributed by atoms with Crippen molar-refractivity contribution in [3.8, 4) is 22.9 Å². The van der Waals surface area contributed by atoms with Crippen LogP contribution in [0.2, 0.25) is 0 Å². The van der Waals surface area contributed by atoms with Crippen molar-refractivity contribution in [1.29, 1.82) is 5.26 Å². The van der Waals surface area contributed by atoms with Crippen LogP contribution in [-0.4, -0.2) is 23.9 Å². The number of rotatable bonds is 2. The SMILES string of the molecule is Cc1nn(-c2ccccc2)c2nc3c(c(-c4ccc(C#N)cc4)c12)c(=O)n(C)c(=O)n3C. The van der Waals surface area contributed by atoms with Gasteiger partial charge >= 0.3 is 5.69 Å². The molecule has 0 unspecified atom stereocenters. The molecule has 0 saturated carbocycles. The van der Waals surface area contributed by atoms with Gasteiger partial charge in [-0.05, 0) is 36.8 Å². The molecular formula is C24H18N6O2. The average molecular weight is 422 g/mol. The molecule has 32 heavy (non-hydrogen) atoms. The van der Waals surface area contributed by atoms with Crippen LogP contribution in [0.1, 0.15) is 11.3 Å². The lowest BCUT2D eigenvalue weighted by Gasteiger charge is -2.13. The minimum absolute atomic E-state index is 0.280. The van der Waals surface area contributed by atoms with Crippen LogP contribution in [0.4, 0.5) is 0 Å². The minimum atomic E-state index is -0.456. The molecule has 0 spiro atoms. The second kappa shape index (κ2) is 7.03. The first-order valence-corrected chi connectivity index (χ1v) is 9.97. The van der Waals surface area contributed by atoms with Crippen LogP contribution in [0.3, 0.4) is 0 Å². The summed E-state index contributed by atoms with van der Waals surface area (Å²) in [6.45, 7) is 1.87. The molecular weight excluding hydrogens is 404 g/mol. The highest BCUT2D eigenvalue weighted by Gasteiger charge is 2.23. The first-order chi connectivity index (χ1) is 15.4. The molecule has 8 heteroatoms. The molecule has 5 aromatic rings. The van der Waals surface area contributed by atoms with E-state index in [0.717, 1.165) is 21.2 Å². The van der Waals surface area contributed by atoms with Crippen LogP contribution in [0, 0.1) is 18.3 Å². The zero-order valence-corrected chi connectivity index (χ0v) is 17.7. The third-order valence-electron chi connectivity index (χ3n) is 5.68. The highest BCUT2D eigenvalue weighted by molar-refractivity contribution is 6.09. The van der Waals surface area contributed by atoms with Crippen molar-refractivity contribution in [3.63, 3.8) is 0 Å².